The summed E-state index contributed by atoms with van der Waals surface area (Å²) >= 11 is 0. The Bertz CT molecular complexity index is 1330. The van der Waals surface area contributed by atoms with Crippen LogP contribution in [0.4, 0.5) is 11.4 Å². The van der Waals surface area contributed by atoms with Gasteiger partial charge in [-0.05, 0) is 43.5 Å². The molecule has 1 saturated heterocycles. The van der Waals surface area contributed by atoms with Gasteiger partial charge in [-0.1, -0.05) is 60.7 Å². The van der Waals surface area contributed by atoms with E-state index in [1.807, 2.05) is 54.6 Å². The second kappa shape index (κ2) is 8.57. The average molecular weight is 486 g/mol. The Balaban J connectivity index is 1.76. The summed E-state index contributed by atoms with van der Waals surface area (Å²) in [5, 5.41) is 17.8. The predicted octanol–water partition coefficient (Wildman–Crippen LogP) is 4.62. The number of para-hydroxylation sites is 1. The van der Waals surface area contributed by atoms with Crippen LogP contribution in [-0.4, -0.2) is 28.4 Å². The van der Waals surface area contributed by atoms with Crippen molar-refractivity contribution in [3.63, 3.8) is 0 Å². The molecule has 0 bridgehead atoms. The smallest absolute Gasteiger partial charge is 0.324 e. The summed E-state index contributed by atoms with van der Waals surface area (Å²) in [7, 11) is 0. The number of anilines is 1. The third-order valence-electron chi connectivity index (χ3n) is 6.88. The van der Waals surface area contributed by atoms with Crippen molar-refractivity contribution in [1.82, 2.24) is 5.32 Å². The molecule has 8 nitrogen and oxygen atoms in total. The van der Waals surface area contributed by atoms with Crippen LogP contribution in [0.2, 0.25) is 0 Å². The third-order valence-corrected chi connectivity index (χ3v) is 6.88. The standard InChI is InChI=1S/C28H27N3O5/c1-27(2,3)36-25(32)23-22(17-13-15-19(16-14-17)31(34)35)28(24(30-23)18-9-5-4-6-10-18)20-11-7-8-12-21(20)29-26(28)33/h4-16,22-24,30H,1-3H3,(H,29,33)/t22-,23+,24-,28+/m1/s1. The van der Waals surface area contributed by atoms with Crippen molar-refractivity contribution in [1.29, 1.82) is 0 Å². The number of fused-ring (bicyclic) bond motifs is 2. The lowest BCUT2D eigenvalue weighted by molar-refractivity contribution is -0.384. The number of amides is 1. The summed E-state index contributed by atoms with van der Waals surface area (Å²) in [5.41, 5.74) is 0.926. The van der Waals surface area contributed by atoms with Gasteiger partial charge < -0.3 is 10.1 Å². The van der Waals surface area contributed by atoms with Crippen molar-refractivity contribution in [2.45, 2.75) is 49.8 Å². The van der Waals surface area contributed by atoms with E-state index in [0.717, 1.165) is 11.1 Å². The molecule has 1 amide bonds. The number of nitro benzene ring substituents is 1. The summed E-state index contributed by atoms with van der Waals surface area (Å²) in [6.45, 7) is 5.38. The van der Waals surface area contributed by atoms with Crippen LogP contribution < -0.4 is 10.6 Å². The van der Waals surface area contributed by atoms with E-state index in [4.69, 9.17) is 4.74 Å². The van der Waals surface area contributed by atoms with E-state index in [0.29, 0.717) is 11.3 Å². The number of carbonyl (C=O) groups excluding carboxylic acids is 2. The first-order valence-electron chi connectivity index (χ1n) is 11.8. The number of nitro groups is 1. The highest BCUT2D eigenvalue weighted by atomic mass is 16.6. The van der Waals surface area contributed by atoms with Gasteiger partial charge in [0.1, 0.15) is 17.1 Å². The molecule has 8 heteroatoms. The first kappa shape index (κ1) is 23.7. The van der Waals surface area contributed by atoms with Crippen LogP contribution in [0.3, 0.4) is 0 Å². The maximum absolute atomic E-state index is 14.0. The molecular formula is C28H27N3O5. The van der Waals surface area contributed by atoms with Gasteiger partial charge in [0.05, 0.1) is 11.0 Å². The largest absolute Gasteiger partial charge is 0.459 e. The summed E-state index contributed by atoms with van der Waals surface area (Å²) in [6.07, 6.45) is 0. The van der Waals surface area contributed by atoms with Crippen LogP contribution in [0.15, 0.2) is 78.9 Å². The number of carbonyl (C=O) groups is 2. The molecule has 3 aromatic carbocycles. The van der Waals surface area contributed by atoms with E-state index >= 15 is 0 Å². The summed E-state index contributed by atoms with van der Waals surface area (Å²) < 4.78 is 5.80. The van der Waals surface area contributed by atoms with Crippen molar-refractivity contribution in [2.75, 3.05) is 5.32 Å². The number of hydrogen-bond donors (Lipinski definition) is 2. The molecule has 36 heavy (non-hydrogen) atoms. The molecule has 4 atom stereocenters. The van der Waals surface area contributed by atoms with Crippen LogP contribution in [0.1, 0.15) is 49.4 Å². The monoisotopic (exact) mass is 485 g/mol. The highest BCUT2D eigenvalue weighted by Crippen LogP contribution is 2.59. The fourth-order valence-electron chi connectivity index (χ4n) is 5.58. The maximum Gasteiger partial charge on any atom is 0.324 e. The van der Waals surface area contributed by atoms with E-state index in [9.17, 15) is 19.7 Å². The Morgan fingerprint density at radius 3 is 2.22 bits per heavy atom. The minimum Gasteiger partial charge on any atom is -0.459 e. The number of ether oxygens (including phenoxy) is 1. The molecule has 2 aliphatic rings. The molecule has 5 rings (SSSR count). The molecule has 3 aromatic rings. The third kappa shape index (κ3) is 3.74. The van der Waals surface area contributed by atoms with E-state index in [2.05, 4.69) is 10.6 Å². The lowest BCUT2D eigenvalue weighted by atomic mass is 9.63. The highest BCUT2D eigenvalue weighted by Gasteiger charge is 2.66. The summed E-state index contributed by atoms with van der Waals surface area (Å²) in [5.74, 6) is -1.41. The van der Waals surface area contributed by atoms with Gasteiger partial charge in [0.15, 0.2) is 0 Å². The van der Waals surface area contributed by atoms with E-state index < -0.39 is 39.9 Å². The Morgan fingerprint density at radius 1 is 0.944 bits per heavy atom. The average Bonchev–Trinajstić information content (AvgIpc) is 3.35. The molecule has 0 radical (unpaired) electrons. The number of rotatable bonds is 4. The van der Waals surface area contributed by atoms with Crippen molar-refractivity contribution in [3.8, 4) is 0 Å². The number of benzene rings is 3. The molecule has 0 saturated carbocycles. The maximum atomic E-state index is 14.0. The number of nitrogens with zero attached hydrogens (tertiary/aromatic N) is 1. The molecule has 0 unspecified atom stereocenters. The Labute approximate surface area is 208 Å². The van der Waals surface area contributed by atoms with Gasteiger partial charge in [-0.3, -0.25) is 25.0 Å². The summed E-state index contributed by atoms with van der Waals surface area (Å²) in [4.78, 5) is 38.5. The lowest BCUT2D eigenvalue weighted by Crippen LogP contribution is -2.44. The quantitative estimate of drug-likeness (QED) is 0.317. The fourth-order valence-corrected chi connectivity index (χ4v) is 5.58. The second-order valence-electron chi connectivity index (χ2n) is 10.2. The molecule has 2 N–H and O–H groups in total. The number of esters is 1. The van der Waals surface area contributed by atoms with Gasteiger partial charge in [-0.15, -0.1) is 0 Å². The number of hydrogen-bond acceptors (Lipinski definition) is 6. The van der Waals surface area contributed by atoms with E-state index in [-0.39, 0.29) is 11.6 Å². The van der Waals surface area contributed by atoms with Gasteiger partial charge in [-0.2, -0.15) is 0 Å². The van der Waals surface area contributed by atoms with Gasteiger partial charge >= 0.3 is 5.97 Å². The van der Waals surface area contributed by atoms with Gasteiger partial charge in [0, 0.05) is 23.7 Å². The Morgan fingerprint density at radius 2 is 1.58 bits per heavy atom. The Kier molecular flexibility index (Phi) is 5.64. The van der Waals surface area contributed by atoms with Crippen molar-refractivity contribution in [3.05, 3.63) is 106 Å². The Hall–Kier alpha value is -4.04. The first-order chi connectivity index (χ1) is 17.1. The van der Waals surface area contributed by atoms with Crippen LogP contribution in [-0.2, 0) is 19.7 Å². The number of non-ortho nitro benzene ring substituents is 1. The van der Waals surface area contributed by atoms with E-state index in [1.54, 1.807) is 32.9 Å². The van der Waals surface area contributed by atoms with Gasteiger partial charge in [0.25, 0.3) is 5.69 Å². The van der Waals surface area contributed by atoms with Crippen LogP contribution in [0.5, 0.6) is 0 Å². The van der Waals surface area contributed by atoms with Crippen LogP contribution >= 0.6 is 0 Å². The summed E-state index contributed by atoms with van der Waals surface area (Å²) in [6, 6.07) is 21.6. The highest BCUT2D eigenvalue weighted by molar-refractivity contribution is 6.09. The molecule has 2 heterocycles. The fraction of sp³-hybridized carbons (Fsp3) is 0.286. The molecule has 1 spiro atoms. The topological polar surface area (TPSA) is 111 Å². The molecule has 0 aliphatic carbocycles. The molecule has 0 aromatic heterocycles. The van der Waals surface area contributed by atoms with Gasteiger partial charge in [0.2, 0.25) is 5.91 Å². The van der Waals surface area contributed by atoms with Crippen molar-refractivity contribution in [2.24, 2.45) is 0 Å². The predicted molar refractivity (Wildman–Crippen MR) is 135 cm³/mol. The van der Waals surface area contributed by atoms with Gasteiger partial charge in [-0.25, -0.2) is 0 Å². The SMILES string of the molecule is CC(C)(C)OC(=O)[C@H]1N[C@H](c2ccccc2)[C@@]2(C(=O)Nc3ccccc32)[C@@H]1c1ccc([N+](=O)[O-])cc1. The van der Waals surface area contributed by atoms with Crippen LogP contribution in [0, 0.1) is 10.1 Å². The van der Waals surface area contributed by atoms with Crippen molar-refractivity contribution < 1.29 is 19.2 Å². The first-order valence-corrected chi connectivity index (χ1v) is 11.8. The molecule has 184 valence electrons. The second-order valence-corrected chi connectivity index (χ2v) is 10.2. The zero-order valence-electron chi connectivity index (χ0n) is 20.2. The lowest BCUT2D eigenvalue weighted by Gasteiger charge is -2.35. The normalized spacial score (nSPS) is 24.9. The van der Waals surface area contributed by atoms with E-state index in [1.165, 1.54) is 12.1 Å². The molecular weight excluding hydrogens is 458 g/mol. The minimum absolute atomic E-state index is 0.0662. The van der Waals surface area contributed by atoms with Crippen LogP contribution in [0.25, 0.3) is 0 Å². The molecule has 1 fully saturated rings. The zero-order chi connectivity index (χ0) is 25.7. The minimum atomic E-state index is -1.20. The zero-order valence-corrected chi connectivity index (χ0v) is 20.2. The van der Waals surface area contributed by atoms with Crippen molar-refractivity contribution >= 4 is 23.3 Å². The molecule has 2 aliphatic heterocycles. The number of nitrogens with one attached hydrogen (secondary N) is 2.